The van der Waals surface area contributed by atoms with Crippen LogP contribution in [0.3, 0.4) is 0 Å². The first-order valence-corrected chi connectivity index (χ1v) is 4.36. The van der Waals surface area contributed by atoms with Crippen LogP contribution in [0.25, 0.3) is 0 Å². The number of amides is 1. The Bertz CT molecular complexity index is 174. The van der Waals surface area contributed by atoms with Crippen LogP contribution in [0.1, 0.15) is 12.8 Å². The van der Waals surface area contributed by atoms with Gasteiger partial charge in [0, 0.05) is 13.1 Å². The second-order valence-corrected chi connectivity index (χ2v) is 3.46. The zero-order valence-electron chi connectivity index (χ0n) is 7.01. The number of fused-ring (bicyclic) bond motifs is 1. The first-order chi connectivity index (χ1) is 5.38. The quantitative estimate of drug-likeness (QED) is 0.571. The minimum atomic E-state index is 0. The first kappa shape index (κ1) is 9.81. The molecular weight excluding hydrogens is 176 g/mol. The summed E-state index contributed by atoms with van der Waals surface area (Å²) < 4.78 is 0. The van der Waals surface area contributed by atoms with Gasteiger partial charge in [0.05, 0.1) is 5.92 Å². The average molecular weight is 191 g/mol. The van der Waals surface area contributed by atoms with Crippen LogP contribution >= 0.6 is 12.4 Å². The van der Waals surface area contributed by atoms with Gasteiger partial charge < -0.3 is 10.6 Å². The fourth-order valence-corrected chi connectivity index (χ4v) is 2.05. The standard InChI is InChI=1S/C8H14N2O.ClH/c11-8-7-5-9-4-6(7)2-1-3-10-8;/h6-7,9H,1-5H2,(H,10,11);1H. The fourth-order valence-electron chi connectivity index (χ4n) is 2.05. The van der Waals surface area contributed by atoms with Crippen LogP contribution in [0.4, 0.5) is 0 Å². The van der Waals surface area contributed by atoms with E-state index in [2.05, 4.69) is 10.6 Å². The molecule has 0 spiro atoms. The fraction of sp³-hybridized carbons (Fsp3) is 0.875. The Morgan fingerprint density at radius 2 is 2.17 bits per heavy atom. The van der Waals surface area contributed by atoms with Crippen LogP contribution in [-0.2, 0) is 4.79 Å². The number of hydrogen-bond acceptors (Lipinski definition) is 2. The van der Waals surface area contributed by atoms with Gasteiger partial charge in [0.2, 0.25) is 5.91 Å². The monoisotopic (exact) mass is 190 g/mol. The van der Waals surface area contributed by atoms with Gasteiger partial charge in [0.1, 0.15) is 0 Å². The van der Waals surface area contributed by atoms with Gasteiger partial charge in [0.25, 0.3) is 0 Å². The highest BCUT2D eigenvalue weighted by molar-refractivity contribution is 5.85. The molecule has 12 heavy (non-hydrogen) atoms. The van der Waals surface area contributed by atoms with Crippen molar-refractivity contribution in [2.24, 2.45) is 11.8 Å². The van der Waals surface area contributed by atoms with Gasteiger partial charge in [-0.2, -0.15) is 0 Å². The van der Waals surface area contributed by atoms with E-state index in [0.717, 1.165) is 26.1 Å². The molecule has 2 saturated heterocycles. The van der Waals surface area contributed by atoms with Crippen molar-refractivity contribution < 1.29 is 4.79 Å². The van der Waals surface area contributed by atoms with Gasteiger partial charge in [0.15, 0.2) is 0 Å². The number of hydrogen-bond donors (Lipinski definition) is 2. The van der Waals surface area contributed by atoms with Crippen molar-refractivity contribution in [2.45, 2.75) is 12.8 Å². The second kappa shape index (κ2) is 4.10. The Balaban J connectivity index is 0.000000720. The third-order valence-electron chi connectivity index (χ3n) is 2.73. The molecule has 2 rings (SSSR count). The maximum atomic E-state index is 11.3. The van der Waals surface area contributed by atoms with Gasteiger partial charge in [-0.15, -0.1) is 12.4 Å². The minimum absolute atomic E-state index is 0. The van der Waals surface area contributed by atoms with E-state index in [1.807, 2.05) is 0 Å². The zero-order valence-corrected chi connectivity index (χ0v) is 7.82. The third-order valence-corrected chi connectivity index (χ3v) is 2.73. The number of carbonyl (C=O) groups is 1. The molecule has 2 fully saturated rings. The van der Waals surface area contributed by atoms with E-state index in [-0.39, 0.29) is 24.2 Å². The summed E-state index contributed by atoms with van der Waals surface area (Å²) in [5.74, 6) is 1.13. The normalized spacial score (nSPS) is 34.5. The predicted molar refractivity (Wildman–Crippen MR) is 49.3 cm³/mol. The summed E-state index contributed by atoms with van der Waals surface area (Å²) in [5, 5.41) is 6.20. The lowest BCUT2D eigenvalue weighted by Gasteiger charge is -2.11. The Kier molecular flexibility index (Phi) is 3.35. The van der Waals surface area contributed by atoms with E-state index in [0.29, 0.717) is 5.92 Å². The van der Waals surface area contributed by atoms with Crippen molar-refractivity contribution in [3.63, 3.8) is 0 Å². The Morgan fingerprint density at radius 1 is 1.33 bits per heavy atom. The van der Waals surface area contributed by atoms with Crippen LogP contribution in [0, 0.1) is 11.8 Å². The van der Waals surface area contributed by atoms with E-state index in [1.165, 1.54) is 6.42 Å². The average Bonchev–Trinajstić information content (AvgIpc) is 2.40. The van der Waals surface area contributed by atoms with Crippen molar-refractivity contribution in [1.82, 2.24) is 10.6 Å². The summed E-state index contributed by atoms with van der Waals surface area (Å²) in [4.78, 5) is 11.3. The molecule has 0 aromatic heterocycles. The summed E-state index contributed by atoms with van der Waals surface area (Å²) in [7, 11) is 0. The topological polar surface area (TPSA) is 41.1 Å². The smallest absolute Gasteiger partial charge is 0.224 e. The zero-order chi connectivity index (χ0) is 7.68. The molecule has 2 unspecified atom stereocenters. The second-order valence-electron chi connectivity index (χ2n) is 3.46. The number of nitrogens with one attached hydrogen (secondary N) is 2. The largest absolute Gasteiger partial charge is 0.356 e. The molecule has 0 aromatic carbocycles. The number of rotatable bonds is 0. The van der Waals surface area contributed by atoms with Crippen LogP contribution in [0.15, 0.2) is 0 Å². The summed E-state index contributed by atoms with van der Waals surface area (Å²) >= 11 is 0. The minimum Gasteiger partial charge on any atom is -0.356 e. The van der Waals surface area contributed by atoms with Crippen molar-refractivity contribution >= 4 is 18.3 Å². The maximum Gasteiger partial charge on any atom is 0.224 e. The van der Waals surface area contributed by atoms with Crippen LogP contribution in [-0.4, -0.2) is 25.5 Å². The molecule has 1 amide bonds. The molecule has 3 nitrogen and oxygen atoms in total. The Labute approximate surface area is 78.7 Å². The third kappa shape index (κ3) is 1.72. The van der Waals surface area contributed by atoms with Gasteiger partial charge in [-0.3, -0.25) is 4.79 Å². The number of halogens is 1. The lowest BCUT2D eigenvalue weighted by Crippen LogP contribution is -2.32. The summed E-state index contributed by atoms with van der Waals surface area (Å²) in [6.07, 6.45) is 2.35. The lowest BCUT2D eigenvalue weighted by atomic mass is 9.93. The molecule has 0 radical (unpaired) electrons. The predicted octanol–water partition coefficient (Wildman–Crippen LogP) is 0.154. The van der Waals surface area contributed by atoms with Crippen molar-refractivity contribution in [3.8, 4) is 0 Å². The summed E-state index contributed by atoms with van der Waals surface area (Å²) in [6.45, 7) is 2.81. The van der Waals surface area contributed by atoms with Gasteiger partial charge in [-0.1, -0.05) is 0 Å². The highest BCUT2D eigenvalue weighted by Gasteiger charge is 2.33. The molecule has 70 valence electrons. The maximum absolute atomic E-state index is 11.3. The summed E-state index contributed by atoms with van der Waals surface area (Å²) in [6, 6.07) is 0. The Hall–Kier alpha value is -0.280. The van der Waals surface area contributed by atoms with E-state index in [1.54, 1.807) is 0 Å². The van der Waals surface area contributed by atoms with Crippen molar-refractivity contribution in [3.05, 3.63) is 0 Å². The van der Waals surface area contributed by atoms with Crippen molar-refractivity contribution in [1.29, 1.82) is 0 Å². The molecular formula is C8H15ClN2O. The lowest BCUT2D eigenvalue weighted by molar-refractivity contribution is -0.124. The number of carbonyl (C=O) groups excluding carboxylic acids is 1. The molecule has 2 N–H and O–H groups in total. The molecule has 2 aliphatic rings. The van der Waals surface area contributed by atoms with E-state index in [9.17, 15) is 4.79 Å². The van der Waals surface area contributed by atoms with Crippen molar-refractivity contribution in [2.75, 3.05) is 19.6 Å². The molecule has 2 atom stereocenters. The van der Waals surface area contributed by atoms with Gasteiger partial charge >= 0.3 is 0 Å². The SMILES string of the molecule is Cl.O=C1NCCCC2CNCC12. The van der Waals surface area contributed by atoms with Gasteiger partial charge in [-0.05, 0) is 25.3 Å². The van der Waals surface area contributed by atoms with E-state index in [4.69, 9.17) is 0 Å². The molecule has 0 saturated carbocycles. The van der Waals surface area contributed by atoms with Crippen LogP contribution in [0.5, 0.6) is 0 Å². The molecule has 2 heterocycles. The first-order valence-electron chi connectivity index (χ1n) is 4.36. The van der Waals surface area contributed by atoms with Crippen LogP contribution in [0.2, 0.25) is 0 Å². The molecule has 2 aliphatic heterocycles. The molecule has 0 aliphatic carbocycles. The summed E-state index contributed by atoms with van der Waals surface area (Å²) in [5.41, 5.74) is 0. The van der Waals surface area contributed by atoms with Gasteiger partial charge in [-0.25, -0.2) is 0 Å². The highest BCUT2D eigenvalue weighted by atomic mass is 35.5. The Morgan fingerprint density at radius 3 is 3.00 bits per heavy atom. The van der Waals surface area contributed by atoms with E-state index < -0.39 is 0 Å². The molecule has 0 aromatic rings. The highest BCUT2D eigenvalue weighted by Crippen LogP contribution is 2.23. The van der Waals surface area contributed by atoms with Crippen LogP contribution < -0.4 is 10.6 Å². The molecule has 0 bridgehead atoms. The molecule has 4 heteroatoms. The van der Waals surface area contributed by atoms with E-state index >= 15 is 0 Å².